The van der Waals surface area contributed by atoms with Crippen molar-refractivity contribution in [2.45, 2.75) is 44.6 Å². The summed E-state index contributed by atoms with van der Waals surface area (Å²) in [5, 5.41) is 5.20. The number of amides is 2. The topological polar surface area (TPSA) is 84.5 Å². The van der Waals surface area contributed by atoms with Gasteiger partial charge in [-0.05, 0) is 12.8 Å². The van der Waals surface area contributed by atoms with E-state index in [0.29, 0.717) is 12.8 Å². The zero-order valence-corrected chi connectivity index (χ0v) is 10.7. The van der Waals surface area contributed by atoms with Crippen molar-refractivity contribution in [2.24, 2.45) is 0 Å². The number of rotatable bonds is 7. The molecule has 0 saturated carbocycles. The van der Waals surface area contributed by atoms with E-state index in [2.05, 4.69) is 15.4 Å². The molecular formula is C12H20N2O4. The Balaban J connectivity index is 2.05. The minimum atomic E-state index is -0.396. The highest BCUT2D eigenvalue weighted by Gasteiger charge is 2.24. The van der Waals surface area contributed by atoms with Crippen LogP contribution in [0.15, 0.2) is 0 Å². The first kappa shape index (κ1) is 14.5. The van der Waals surface area contributed by atoms with Gasteiger partial charge in [0.15, 0.2) is 0 Å². The Morgan fingerprint density at radius 3 is 2.72 bits per heavy atom. The van der Waals surface area contributed by atoms with Crippen LogP contribution in [-0.4, -0.2) is 37.5 Å². The number of carbonyl (C=O) groups is 3. The molecule has 0 aromatic rings. The predicted molar refractivity (Wildman–Crippen MR) is 64.7 cm³/mol. The fourth-order valence-electron chi connectivity index (χ4n) is 1.88. The quantitative estimate of drug-likeness (QED) is 0.500. The van der Waals surface area contributed by atoms with E-state index < -0.39 is 6.04 Å². The fourth-order valence-corrected chi connectivity index (χ4v) is 1.88. The number of esters is 1. The van der Waals surface area contributed by atoms with E-state index in [9.17, 15) is 14.4 Å². The van der Waals surface area contributed by atoms with Gasteiger partial charge in [0.1, 0.15) is 6.04 Å². The van der Waals surface area contributed by atoms with Crippen LogP contribution in [0.1, 0.15) is 38.5 Å². The number of hydrogen-bond donors (Lipinski definition) is 2. The molecule has 18 heavy (non-hydrogen) atoms. The third kappa shape index (κ3) is 5.16. The van der Waals surface area contributed by atoms with Gasteiger partial charge in [-0.1, -0.05) is 19.3 Å². The standard InChI is InChI=1S/C12H20N2O4/c1-18-11(16)7-5-3-2-4-6-9-12(17)13-8-10(15)14-9/h9H,2-8H2,1H3,(H,13,17)(H,14,15). The van der Waals surface area contributed by atoms with E-state index in [1.807, 2.05) is 0 Å². The SMILES string of the molecule is COC(=O)CCCCCCC1NC(=O)CNC1=O. The molecule has 0 aromatic heterocycles. The molecular weight excluding hydrogens is 236 g/mol. The Morgan fingerprint density at radius 2 is 2.00 bits per heavy atom. The van der Waals surface area contributed by atoms with E-state index >= 15 is 0 Å². The van der Waals surface area contributed by atoms with Crippen molar-refractivity contribution in [2.75, 3.05) is 13.7 Å². The summed E-state index contributed by atoms with van der Waals surface area (Å²) in [5.41, 5.74) is 0. The van der Waals surface area contributed by atoms with Gasteiger partial charge in [0.2, 0.25) is 11.8 Å². The second kappa shape index (κ2) is 7.68. The molecule has 6 nitrogen and oxygen atoms in total. The molecule has 102 valence electrons. The molecule has 0 bridgehead atoms. The molecule has 0 radical (unpaired) electrons. The molecule has 6 heteroatoms. The first-order valence-electron chi connectivity index (χ1n) is 6.27. The van der Waals surface area contributed by atoms with E-state index in [0.717, 1.165) is 25.7 Å². The van der Waals surface area contributed by atoms with Crippen LogP contribution in [0.3, 0.4) is 0 Å². The largest absolute Gasteiger partial charge is 0.469 e. The lowest BCUT2D eigenvalue weighted by molar-refractivity contribution is -0.140. The number of ether oxygens (including phenoxy) is 1. The number of hydrogen-bond acceptors (Lipinski definition) is 4. The van der Waals surface area contributed by atoms with Crippen molar-refractivity contribution in [3.63, 3.8) is 0 Å². The average molecular weight is 256 g/mol. The Morgan fingerprint density at radius 1 is 1.28 bits per heavy atom. The fraction of sp³-hybridized carbons (Fsp3) is 0.750. The zero-order valence-electron chi connectivity index (χ0n) is 10.7. The maximum atomic E-state index is 11.4. The molecule has 1 saturated heterocycles. The van der Waals surface area contributed by atoms with Crippen molar-refractivity contribution in [3.05, 3.63) is 0 Å². The van der Waals surface area contributed by atoms with Gasteiger partial charge < -0.3 is 15.4 Å². The summed E-state index contributed by atoms with van der Waals surface area (Å²) in [6, 6.07) is -0.396. The van der Waals surface area contributed by atoms with Crippen LogP contribution < -0.4 is 10.6 Å². The second-order valence-corrected chi connectivity index (χ2v) is 4.37. The van der Waals surface area contributed by atoms with Crippen molar-refractivity contribution < 1.29 is 19.1 Å². The highest BCUT2D eigenvalue weighted by Crippen LogP contribution is 2.09. The predicted octanol–water partition coefficient (Wildman–Crippen LogP) is 0.115. The van der Waals surface area contributed by atoms with Gasteiger partial charge in [-0.3, -0.25) is 14.4 Å². The zero-order chi connectivity index (χ0) is 13.4. The van der Waals surface area contributed by atoms with Crippen LogP contribution in [0.5, 0.6) is 0 Å². The van der Waals surface area contributed by atoms with E-state index in [4.69, 9.17) is 0 Å². The molecule has 2 N–H and O–H groups in total. The van der Waals surface area contributed by atoms with Gasteiger partial charge in [-0.15, -0.1) is 0 Å². The van der Waals surface area contributed by atoms with Crippen LogP contribution in [0.25, 0.3) is 0 Å². The highest BCUT2D eigenvalue weighted by atomic mass is 16.5. The maximum absolute atomic E-state index is 11.4. The van der Waals surface area contributed by atoms with E-state index in [1.54, 1.807) is 0 Å². The lowest BCUT2D eigenvalue weighted by atomic mass is 10.0. The Bertz CT molecular complexity index is 317. The van der Waals surface area contributed by atoms with Crippen LogP contribution >= 0.6 is 0 Å². The Kier molecular flexibility index (Phi) is 6.18. The summed E-state index contributed by atoms with van der Waals surface area (Å²) in [6.07, 6.45) is 4.62. The summed E-state index contributed by atoms with van der Waals surface area (Å²) in [5.74, 6) is -0.427. The molecule has 0 aliphatic carbocycles. The number of nitrogens with one attached hydrogen (secondary N) is 2. The molecule has 0 spiro atoms. The van der Waals surface area contributed by atoms with Crippen molar-refractivity contribution in [3.8, 4) is 0 Å². The molecule has 1 atom stereocenters. The first-order valence-corrected chi connectivity index (χ1v) is 6.27. The number of methoxy groups -OCH3 is 1. The molecule has 2 amide bonds. The number of carbonyl (C=O) groups excluding carboxylic acids is 3. The first-order chi connectivity index (χ1) is 8.63. The van der Waals surface area contributed by atoms with Crippen LogP contribution in [0, 0.1) is 0 Å². The van der Waals surface area contributed by atoms with E-state index in [1.165, 1.54) is 7.11 Å². The molecule has 1 unspecified atom stereocenters. The summed E-state index contributed by atoms with van der Waals surface area (Å²) in [4.78, 5) is 33.3. The summed E-state index contributed by atoms with van der Waals surface area (Å²) < 4.78 is 4.54. The normalized spacial score (nSPS) is 19.1. The Hall–Kier alpha value is -1.59. The summed E-state index contributed by atoms with van der Waals surface area (Å²) >= 11 is 0. The molecule has 1 aliphatic heterocycles. The number of piperazine rings is 1. The van der Waals surface area contributed by atoms with E-state index in [-0.39, 0.29) is 24.3 Å². The van der Waals surface area contributed by atoms with Gasteiger partial charge >= 0.3 is 5.97 Å². The smallest absolute Gasteiger partial charge is 0.305 e. The van der Waals surface area contributed by atoms with Crippen LogP contribution in [-0.2, 0) is 19.1 Å². The third-order valence-electron chi connectivity index (χ3n) is 2.93. The lowest BCUT2D eigenvalue weighted by Crippen LogP contribution is -2.55. The monoisotopic (exact) mass is 256 g/mol. The van der Waals surface area contributed by atoms with Crippen molar-refractivity contribution >= 4 is 17.8 Å². The van der Waals surface area contributed by atoms with Gasteiger partial charge in [0.25, 0.3) is 0 Å². The van der Waals surface area contributed by atoms with Crippen LogP contribution in [0.4, 0.5) is 0 Å². The second-order valence-electron chi connectivity index (χ2n) is 4.37. The molecule has 1 fully saturated rings. The number of unbranched alkanes of at least 4 members (excludes halogenated alkanes) is 3. The highest BCUT2D eigenvalue weighted by molar-refractivity contribution is 5.94. The molecule has 0 aromatic carbocycles. The minimum absolute atomic E-state index is 0.0778. The summed E-state index contributed by atoms with van der Waals surface area (Å²) in [6.45, 7) is 0.0778. The molecule has 1 rings (SSSR count). The van der Waals surface area contributed by atoms with Gasteiger partial charge in [0, 0.05) is 6.42 Å². The molecule has 1 heterocycles. The van der Waals surface area contributed by atoms with Gasteiger partial charge in [-0.2, -0.15) is 0 Å². The van der Waals surface area contributed by atoms with Gasteiger partial charge in [-0.25, -0.2) is 0 Å². The minimum Gasteiger partial charge on any atom is -0.469 e. The third-order valence-corrected chi connectivity index (χ3v) is 2.93. The molecule has 1 aliphatic rings. The lowest BCUT2D eigenvalue weighted by Gasteiger charge is -2.22. The maximum Gasteiger partial charge on any atom is 0.305 e. The van der Waals surface area contributed by atoms with Crippen molar-refractivity contribution in [1.29, 1.82) is 0 Å². The Labute approximate surface area is 106 Å². The van der Waals surface area contributed by atoms with Crippen molar-refractivity contribution in [1.82, 2.24) is 10.6 Å². The van der Waals surface area contributed by atoms with Gasteiger partial charge in [0.05, 0.1) is 13.7 Å². The summed E-state index contributed by atoms with van der Waals surface area (Å²) in [7, 11) is 1.38. The van der Waals surface area contributed by atoms with Crippen LogP contribution in [0.2, 0.25) is 0 Å². The average Bonchev–Trinajstić information content (AvgIpc) is 2.37.